The smallest absolute Gasteiger partial charge is 0.328 e. The molecular weight excluding hydrogens is 274 g/mol. The first-order chi connectivity index (χ1) is 7.63. The summed E-state index contributed by atoms with van der Waals surface area (Å²) in [5.41, 5.74) is 0.588. The summed E-state index contributed by atoms with van der Waals surface area (Å²) in [5.74, 6) is -0.358. The van der Waals surface area contributed by atoms with Gasteiger partial charge in [-0.3, -0.25) is 4.79 Å². The quantitative estimate of drug-likeness (QED) is 0.790. The Morgan fingerprint density at radius 2 is 2.19 bits per heavy atom. The Balaban J connectivity index is 2.52. The lowest BCUT2D eigenvalue weighted by molar-refractivity contribution is -0.115. The number of nitriles is 1. The number of rotatable bonds is 1. The molecule has 1 N–H and O–H groups in total. The molecule has 0 radical (unpaired) electrons. The molecule has 1 aromatic rings. The highest BCUT2D eigenvalue weighted by molar-refractivity contribution is 9.10. The summed E-state index contributed by atoms with van der Waals surface area (Å²) in [6.07, 6.45) is 0. The number of carbonyl (C=O) groups excluding carboxylic acids is 2. The van der Waals surface area contributed by atoms with Crippen LogP contribution in [0, 0.1) is 11.3 Å². The summed E-state index contributed by atoms with van der Waals surface area (Å²) >= 11 is 3.22. The first kappa shape index (κ1) is 10.6. The third kappa shape index (κ3) is 1.66. The maximum Gasteiger partial charge on any atom is 0.329 e. The van der Waals surface area contributed by atoms with Gasteiger partial charge < -0.3 is 5.32 Å². The minimum atomic E-state index is -0.496. The molecular formula is C10H6BrN3O2. The third-order valence-electron chi connectivity index (χ3n) is 2.16. The zero-order valence-electron chi connectivity index (χ0n) is 8.03. The highest BCUT2D eigenvalue weighted by Gasteiger charge is 2.31. The minimum absolute atomic E-state index is 0.0280. The number of urea groups is 1. The van der Waals surface area contributed by atoms with Gasteiger partial charge in [-0.2, -0.15) is 5.26 Å². The van der Waals surface area contributed by atoms with Crippen molar-refractivity contribution in [3.8, 4) is 6.07 Å². The average molecular weight is 280 g/mol. The van der Waals surface area contributed by atoms with Crippen LogP contribution in [0.5, 0.6) is 0 Å². The fourth-order valence-corrected chi connectivity index (χ4v) is 1.82. The lowest BCUT2D eigenvalue weighted by Crippen LogP contribution is -2.31. The van der Waals surface area contributed by atoms with Gasteiger partial charge in [0.15, 0.2) is 0 Å². The lowest BCUT2D eigenvalue weighted by atomic mass is 10.2. The molecule has 1 aromatic carbocycles. The maximum absolute atomic E-state index is 11.5. The summed E-state index contributed by atoms with van der Waals surface area (Å²) in [6.45, 7) is -0.0280. The number of carbonyl (C=O) groups is 2. The number of benzene rings is 1. The molecule has 0 spiro atoms. The molecule has 1 saturated heterocycles. The van der Waals surface area contributed by atoms with Crippen molar-refractivity contribution in [1.29, 1.82) is 5.26 Å². The van der Waals surface area contributed by atoms with E-state index in [-0.39, 0.29) is 18.0 Å². The predicted octanol–water partition coefficient (Wildman–Crippen LogP) is 1.38. The van der Waals surface area contributed by atoms with Crippen molar-refractivity contribution in [1.82, 2.24) is 5.32 Å². The predicted molar refractivity (Wildman–Crippen MR) is 59.7 cm³/mol. The molecule has 3 amide bonds. The Hall–Kier alpha value is -1.87. The van der Waals surface area contributed by atoms with Gasteiger partial charge in [-0.15, -0.1) is 0 Å². The van der Waals surface area contributed by atoms with Gasteiger partial charge in [0.2, 0.25) is 0 Å². The van der Waals surface area contributed by atoms with Crippen molar-refractivity contribution in [2.24, 2.45) is 0 Å². The van der Waals surface area contributed by atoms with Crippen LogP contribution in [0.15, 0.2) is 22.7 Å². The van der Waals surface area contributed by atoms with Crippen molar-refractivity contribution in [3.05, 3.63) is 28.2 Å². The van der Waals surface area contributed by atoms with E-state index >= 15 is 0 Å². The second-order valence-corrected chi connectivity index (χ2v) is 4.08. The monoisotopic (exact) mass is 279 g/mol. The molecule has 1 fully saturated rings. The van der Waals surface area contributed by atoms with E-state index < -0.39 is 6.03 Å². The first-order valence-electron chi connectivity index (χ1n) is 4.44. The van der Waals surface area contributed by atoms with Crippen LogP contribution < -0.4 is 10.2 Å². The van der Waals surface area contributed by atoms with E-state index in [0.717, 1.165) is 9.37 Å². The molecule has 0 atom stereocenters. The Kier molecular flexibility index (Phi) is 2.62. The molecule has 0 aliphatic carbocycles. The van der Waals surface area contributed by atoms with Crippen LogP contribution in [0.1, 0.15) is 5.56 Å². The van der Waals surface area contributed by atoms with Crippen molar-refractivity contribution in [2.45, 2.75) is 0 Å². The fraction of sp³-hybridized carbons (Fsp3) is 0.100. The lowest BCUT2D eigenvalue weighted by Gasteiger charge is -2.13. The summed E-state index contributed by atoms with van der Waals surface area (Å²) < 4.78 is 0.722. The molecule has 0 unspecified atom stereocenters. The Morgan fingerprint density at radius 3 is 2.75 bits per heavy atom. The highest BCUT2D eigenvalue weighted by atomic mass is 79.9. The van der Waals surface area contributed by atoms with Crippen LogP contribution in [0.2, 0.25) is 0 Å². The fourth-order valence-electron chi connectivity index (χ4n) is 1.46. The zero-order valence-corrected chi connectivity index (χ0v) is 9.61. The molecule has 5 nitrogen and oxygen atoms in total. The third-order valence-corrected chi connectivity index (χ3v) is 2.66. The zero-order chi connectivity index (χ0) is 11.7. The molecule has 0 aromatic heterocycles. The van der Waals surface area contributed by atoms with Crippen molar-refractivity contribution in [3.63, 3.8) is 0 Å². The van der Waals surface area contributed by atoms with E-state index in [1.807, 2.05) is 6.07 Å². The summed E-state index contributed by atoms with van der Waals surface area (Å²) in [6, 6.07) is 6.25. The molecule has 6 heteroatoms. The van der Waals surface area contributed by atoms with Gasteiger partial charge in [0.05, 0.1) is 17.8 Å². The number of hydrogen-bond donors (Lipinski definition) is 1. The number of anilines is 1. The average Bonchev–Trinajstić information content (AvgIpc) is 2.59. The molecule has 1 heterocycles. The highest BCUT2D eigenvalue weighted by Crippen LogP contribution is 2.25. The number of imide groups is 1. The van der Waals surface area contributed by atoms with Crippen molar-refractivity contribution < 1.29 is 9.59 Å². The van der Waals surface area contributed by atoms with Gasteiger partial charge in [-0.1, -0.05) is 15.9 Å². The Bertz CT molecular complexity index is 505. The molecule has 16 heavy (non-hydrogen) atoms. The van der Waals surface area contributed by atoms with E-state index in [2.05, 4.69) is 21.2 Å². The normalized spacial score (nSPS) is 14.9. The van der Waals surface area contributed by atoms with E-state index in [1.54, 1.807) is 18.2 Å². The Morgan fingerprint density at radius 1 is 1.44 bits per heavy atom. The molecule has 2 rings (SSSR count). The number of amides is 3. The van der Waals surface area contributed by atoms with Gasteiger partial charge in [-0.25, -0.2) is 9.69 Å². The molecule has 1 aliphatic rings. The molecule has 0 bridgehead atoms. The van der Waals surface area contributed by atoms with Crippen LogP contribution in [-0.4, -0.2) is 18.5 Å². The standard InChI is InChI=1S/C10H6BrN3O2/c11-7-1-2-8(6(3-7)4-12)14-9(15)5-13-10(14)16/h1-3H,5H2,(H,13,16). The molecule has 80 valence electrons. The topological polar surface area (TPSA) is 73.2 Å². The second-order valence-electron chi connectivity index (χ2n) is 3.16. The van der Waals surface area contributed by atoms with Gasteiger partial charge in [-0.05, 0) is 18.2 Å². The van der Waals surface area contributed by atoms with Crippen LogP contribution in [-0.2, 0) is 4.79 Å². The van der Waals surface area contributed by atoms with Gasteiger partial charge in [0.1, 0.15) is 6.07 Å². The maximum atomic E-state index is 11.5. The van der Waals surface area contributed by atoms with E-state index in [0.29, 0.717) is 5.69 Å². The van der Waals surface area contributed by atoms with Crippen LogP contribution in [0.3, 0.4) is 0 Å². The number of hydrogen-bond acceptors (Lipinski definition) is 3. The molecule has 1 aliphatic heterocycles. The Labute approximate surface area is 99.8 Å². The van der Waals surface area contributed by atoms with E-state index in [9.17, 15) is 9.59 Å². The van der Waals surface area contributed by atoms with Gasteiger partial charge >= 0.3 is 6.03 Å². The number of nitrogens with one attached hydrogen (secondary N) is 1. The molecule has 0 saturated carbocycles. The summed E-state index contributed by atoms with van der Waals surface area (Å²) in [7, 11) is 0. The van der Waals surface area contributed by atoms with Gasteiger partial charge in [0.25, 0.3) is 5.91 Å². The van der Waals surface area contributed by atoms with Crippen molar-refractivity contribution >= 4 is 33.6 Å². The SMILES string of the molecule is N#Cc1cc(Br)ccc1N1C(=O)CNC1=O. The first-order valence-corrected chi connectivity index (χ1v) is 5.23. The second kappa shape index (κ2) is 3.94. The summed E-state index contributed by atoms with van der Waals surface area (Å²) in [4.78, 5) is 23.8. The van der Waals surface area contributed by atoms with Crippen LogP contribution in [0.25, 0.3) is 0 Å². The minimum Gasteiger partial charge on any atom is -0.328 e. The number of nitrogens with zero attached hydrogens (tertiary/aromatic N) is 2. The van der Waals surface area contributed by atoms with E-state index in [4.69, 9.17) is 5.26 Å². The largest absolute Gasteiger partial charge is 0.329 e. The number of halogens is 1. The van der Waals surface area contributed by atoms with Crippen molar-refractivity contribution in [2.75, 3.05) is 11.4 Å². The van der Waals surface area contributed by atoms with Gasteiger partial charge in [0, 0.05) is 4.47 Å². The van der Waals surface area contributed by atoms with Crippen LogP contribution in [0.4, 0.5) is 10.5 Å². The van der Waals surface area contributed by atoms with Crippen LogP contribution >= 0.6 is 15.9 Å². The van der Waals surface area contributed by atoms with E-state index in [1.165, 1.54) is 0 Å². The summed E-state index contributed by atoms with van der Waals surface area (Å²) in [5, 5.41) is 11.3.